The van der Waals surface area contributed by atoms with Crippen LogP contribution in [0.3, 0.4) is 0 Å². The summed E-state index contributed by atoms with van der Waals surface area (Å²) in [6, 6.07) is 9.34. The van der Waals surface area contributed by atoms with Crippen LogP contribution in [0, 0.1) is 0 Å². The van der Waals surface area contributed by atoms with Crippen molar-refractivity contribution in [2.45, 2.75) is 38.3 Å². The third-order valence-electron chi connectivity index (χ3n) is 4.52. The van der Waals surface area contributed by atoms with Gasteiger partial charge in [-0.15, -0.1) is 0 Å². The van der Waals surface area contributed by atoms with Gasteiger partial charge in [0.1, 0.15) is 0 Å². The van der Waals surface area contributed by atoms with Crippen LogP contribution in [0.4, 0.5) is 0 Å². The van der Waals surface area contributed by atoms with Crippen LogP contribution in [0.25, 0.3) is 0 Å². The quantitative estimate of drug-likeness (QED) is 0.919. The molecule has 3 nitrogen and oxygen atoms in total. The fraction of sp³-hybridized carbons (Fsp3) is 0.647. The molecule has 0 amide bonds. The number of likely N-dealkylation sites (N-methyl/N-ethyl adjacent to an activating group) is 2. The lowest BCUT2D eigenvalue weighted by Gasteiger charge is -2.32. The molecule has 0 bridgehead atoms. The second-order valence-corrected chi connectivity index (χ2v) is 6.51. The molecule has 0 spiro atoms. The zero-order valence-electron chi connectivity index (χ0n) is 13.3. The summed E-state index contributed by atoms with van der Waals surface area (Å²) in [5.74, 6) is 0.576. The van der Waals surface area contributed by atoms with Gasteiger partial charge in [-0.25, -0.2) is 0 Å². The van der Waals surface area contributed by atoms with Crippen LogP contribution in [0.15, 0.2) is 24.3 Å². The molecule has 1 saturated heterocycles. The van der Waals surface area contributed by atoms with Crippen LogP contribution in [-0.4, -0.2) is 49.6 Å². The van der Waals surface area contributed by atoms with E-state index >= 15 is 0 Å². The highest BCUT2D eigenvalue weighted by Gasteiger charge is 2.27. The topological polar surface area (TPSA) is 32.5 Å². The minimum absolute atomic E-state index is 0.0850. The zero-order chi connectivity index (χ0) is 14.7. The van der Waals surface area contributed by atoms with E-state index in [-0.39, 0.29) is 6.04 Å². The van der Waals surface area contributed by atoms with Gasteiger partial charge in [0.15, 0.2) is 0 Å². The van der Waals surface area contributed by atoms with E-state index in [1.54, 1.807) is 0 Å². The van der Waals surface area contributed by atoms with E-state index in [9.17, 15) is 0 Å². The molecule has 2 rings (SSSR count). The second kappa shape index (κ2) is 6.70. The van der Waals surface area contributed by atoms with E-state index in [4.69, 9.17) is 5.73 Å². The maximum absolute atomic E-state index is 6.55. The first-order valence-corrected chi connectivity index (χ1v) is 7.73. The van der Waals surface area contributed by atoms with Gasteiger partial charge >= 0.3 is 0 Å². The van der Waals surface area contributed by atoms with Crippen molar-refractivity contribution in [1.29, 1.82) is 0 Å². The fourth-order valence-electron chi connectivity index (χ4n) is 3.02. The molecular weight excluding hydrogens is 246 g/mol. The van der Waals surface area contributed by atoms with Gasteiger partial charge in [0.05, 0.1) is 0 Å². The summed E-state index contributed by atoms with van der Waals surface area (Å²) in [5.41, 5.74) is 9.18. The molecule has 1 heterocycles. The summed E-state index contributed by atoms with van der Waals surface area (Å²) in [6.45, 7) is 7.79. The molecule has 2 atom stereocenters. The number of benzene rings is 1. The van der Waals surface area contributed by atoms with Gasteiger partial charge < -0.3 is 15.5 Å². The number of hydrogen-bond donors (Lipinski definition) is 1. The molecule has 1 aliphatic rings. The Morgan fingerprint density at radius 2 is 1.65 bits per heavy atom. The van der Waals surface area contributed by atoms with Crippen molar-refractivity contribution in [2.24, 2.45) is 5.73 Å². The molecule has 2 unspecified atom stereocenters. The Morgan fingerprint density at radius 1 is 1.05 bits per heavy atom. The van der Waals surface area contributed by atoms with Crippen molar-refractivity contribution in [3.8, 4) is 0 Å². The predicted molar refractivity (Wildman–Crippen MR) is 86.0 cm³/mol. The Balaban J connectivity index is 2.13. The van der Waals surface area contributed by atoms with E-state index in [0.29, 0.717) is 12.0 Å². The first kappa shape index (κ1) is 15.5. The third-order valence-corrected chi connectivity index (χ3v) is 4.52. The van der Waals surface area contributed by atoms with E-state index in [2.05, 4.69) is 62.0 Å². The maximum atomic E-state index is 6.55. The first-order chi connectivity index (χ1) is 9.49. The van der Waals surface area contributed by atoms with Gasteiger partial charge in [-0.05, 0) is 50.7 Å². The summed E-state index contributed by atoms with van der Waals surface area (Å²) < 4.78 is 0. The molecule has 2 N–H and O–H groups in total. The zero-order valence-corrected chi connectivity index (χ0v) is 13.3. The Bertz CT molecular complexity index is 413. The number of rotatable bonds is 3. The van der Waals surface area contributed by atoms with Gasteiger partial charge in [-0.2, -0.15) is 0 Å². The molecular formula is C17H29N3. The average Bonchev–Trinajstić information content (AvgIpc) is 2.59. The monoisotopic (exact) mass is 275 g/mol. The number of nitrogens with two attached hydrogens (primary N) is 1. The highest BCUT2D eigenvalue weighted by molar-refractivity contribution is 5.27. The van der Waals surface area contributed by atoms with Gasteiger partial charge in [-0.1, -0.05) is 38.1 Å². The third kappa shape index (κ3) is 3.60. The molecule has 1 aliphatic heterocycles. The molecule has 1 aromatic carbocycles. The summed E-state index contributed by atoms with van der Waals surface area (Å²) in [5, 5.41) is 0. The standard InChI is InChI=1S/C17H29N3/c1-13(2)14-6-8-15(9-7-14)17(18)16-12-19(3)10-5-11-20(16)4/h6-9,13,16-17H,5,10-12,18H2,1-4H3. The van der Waals surface area contributed by atoms with Crippen molar-refractivity contribution in [3.05, 3.63) is 35.4 Å². The van der Waals surface area contributed by atoms with Gasteiger partial charge in [0.25, 0.3) is 0 Å². The summed E-state index contributed by atoms with van der Waals surface area (Å²) in [6.07, 6.45) is 1.22. The lowest BCUT2D eigenvalue weighted by Crippen LogP contribution is -2.45. The van der Waals surface area contributed by atoms with Crippen molar-refractivity contribution in [3.63, 3.8) is 0 Å². The Labute approximate surface area is 123 Å². The van der Waals surface area contributed by atoms with Gasteiger partial charge in [-0.3, -0.25) is 0 Å². The van der Waals surface area contributed by atoms with E-state index in [1.165, 1.54) is 24.1 Å². The number of nitrogens with zero attached hydrogens (tertiary/aromatic N) is 2. The second-order valence-electron chi connectivity index (χ2n) is 6.51. The lowest BCUT2D eigenvalue weighted by molar-refractivity contribution is 0.196. The average molecular weight is 275 g/mol. The molecule has 0 aromatic heterocycles. The van der Waals surface area contributed by atoms with Crippen LogP contribution in [-0.2, 0) is 0 Å². The Hall–Kier alpha value is -0.900. The molecule has 20 heavy (non-hydrogen) atoms. The molecule has 0 aliphatic carbocycles. The summed E-state index contributed by atoms with van der Waals surface area (Å²) in [4.78, 5) is 4.82. The number of hydrogen-bond acceptors (Lipinski definition) is 3. The fourth-order valence-corrected chi connectivity index (χ4v) is 3.02. The van der Waals surface area contributed by atoms with Crippen molar-refractivity contribution in [2.75, 3.05) is 33.7 Å². The first-order valence-electron chi connectivity index (χ1n) is 7.73. The predicted octanol–water partition coefficient (Wildman–Crippen LogP) is 2.45. The van der Waals surface area contributed by atoms with Crippen LogP contribution in [0.2, 0.25) is 0 Å². The lowest BCUT2D eigenvalue weighted by atomic mass is 9.95. The molecule has 112 valence electrons. The molecule has 3 heteroatoms. The minimum Gasteiger partial charge on any atom is -0.323 e. The maximum Gasteiger partial charge on any atom is 0.0465 e. The largest absolute Gasteiger partial charge is 0.323 e. The highest BCUT2D eigenvalue weighted by atomic mass is 15.2. The molecule has 1 fully saturated rings. The highest BCUT2D eigenvalue weighted by Crippen LogP contribution is 2.23. The van der Waals surface area contributed by atoms with E-state index in [0.717, 1.165) is 13.1 Å². The van der Waals surface area contributed by atoms with Crippen LogP contribution < -0.4 is 5.73 Å². The summed E-state index contributed by atoms with van der Waals surface area (Å²) in [7, 11) is 4.40. The molecule has 0 saturated carbocycles. The van der Waals surface area contributed by atoms with Gasteiger partial charge in [0, 0.05) is 18.6 Å². The summed E-state index contributed by atoms with van der Waals surface area (Å²) >= 11 is 0. The Kier molecular flexibility index (Phi) is 5.19. The van der Waals surface area contributed by atoms with Crippen LogP contribution in [0.1, 0.15) is 43.4 Å². The minimum atomic E-state index is 0.0850. The Morgan fingerprint density at radius 3 is 2.25 bits per heavy atom. The SMILES string of the molecule is CC(C)c1ccc(C(N)C2CN(C)CCCN2C)cc1. The van der Waals surface area contributed by atoms with Crippen molar-refractivity contribution in [1.82, 2.24) is 9.80 Å². The van der Waals surface area contributed by atoms with Crippen LogP contribution >= 0.6 is 0 Å². The van der Waals surface area contributed by atoms with Crippen molar-refractivity contribution < 1.29 is 0 Å². The van der Waals surface area contributed by atoms with E-state index < -0.39 is 0 Å². The molecule has 1 aromatic rings. The van der Waals surface area contributed by atoms with E-state index in [1.807, 2.05) is 0 Å². The van der Waals surface area contributed by atoms with Crippen LogP contribution in [0.5, 0.6) is 0 Å². The smallest absolute Gasteiger partial charge is 0.0465 e. The molecule has 0 radical (unpaired) electrons. The normalized spacial score (nSPS) is 23.8. The van der Waals surface area contributed by atoms with Crippen molar-refractivity contribution >= 4 is 0 Å². The van der Waals surface area contributed by atoms with Gasteiger partial charge in [0.2, 0.25) is 0 Å².